The molecule has 0 aliphatic carbocycles. The average Bonchev–Trinajstić information content (AvgIpc) is 3.35. The number of aromatic nitrogens is 1. The van der Waals surface area contributed by atoms with Gasteiger partial charge in [0.05, 0.1) is 5.56 Å². The van der Waals surface area contributed by atoms with Crippen molar-refractivity contribution in [2.45, 2.75) is 26.4 Å². The number of carbonyl (C=O) groups excluding carboxylic acids is 1. The molecule has 1 aliphatic heterocycles. The number of benzene rings is 2. The van der Waals surface area contributed by atoms with Crippen LogP contribution in [0.1, 0.15) is 33.7 Å². The number of carbonyl (C=O) groups is 1. The molecule has 2 aromatic carbocycles. The lowest BCUT2D eigenvalue weighted by Gasteiger charge is -2.37. The average molecular weight is 501 g/mol. The van der Waals surface area contributed by atoms with Gasteiger partial charge >= 0.3 is 6.18 Å². The molecule has 0 radical (unpaired) electrons. The predicted molar refractivity (Wildman–Crippen MR) is 133 cm³/mol. The minimum Gasteiger partial charge on any atom is -0.369 e. The van der Waals surface area contributed by atoms with Crippen LogP contribution in [0.15, 0.2) is 53.1 Å². The van der Waals surface area contributed by atoms with Gasteiger partial charge in [-0.05, 0) is 50.1 Å². The first-order valence-electron chi connectivity index (χ1n) is 12.1. The summed E-state index contributed by atoms with van der Waals surface area (Å²) in [5.41, 5.74) is 2.97. The molecule has 0 atom stereocenters. The summed E-state index contributed by atoms with van der Waals surface area (Å²) >= 11 is 0. The van der Waals surface area contributed by atoms with E-state index in [9.17, 15) is 18.0 Å². The first kappa shape index (κ1) is 25.8. The van der Waals surface area contributed by atoms with Gasteiger partial charge in [-0.25, -0.2) is 0 Å². The van der Waals surface area contributed by atoms with Crippen LogP contribution in [0.3, 0.4) is 0 Å². The van der Waals surface area contributed by atoms with Crippen LogP contribution < -0.4 is 4.90 Å². The number of rotatable bonds is 7. The molecule has 1 aliphatic rings. The summed E-state index contributed by atoms with van der Waals surface area (Å²) in [6.07, 6.45) is -3.75. The minimum atomic E-state index is -4.53. The predicted octanol–water partition coefficient (Wildman–Crippen LogP) is 5.26. The number of aryl methyl sites for hydroxylation is 1. The number of alkyl halides is 3. The Bertz CT molecular complexity index is 1200. The molecule has 0 unspecified atom stereocenters. The summed E-state index contributed by atoms with van der Waals surface area (Å²) in [6, 6.07) is 12.8. The smallest absolute Gasteiger partial charge is 0.369 e. The Hall–Kier alpha value is -3.33. The zero-order chi connectivity index (χ0) is 25.9. The number of nitrogens with zero attached hydrogens (tertiary/aromatic N) is 4. The molecule has 6 nitrogen and oxygen atoms in total. The Morgan fingerprint density at radius 1 is 1.06 bits per heavy atom. The van der Waals surface area contributed by atoms with Crippen molar-refractivity contribution in [1.82, 2.24) is 15.0 Å². The molecule has 36 heavy (non-hydrogen) atoms. The number of hydrogen-bond donors (Lipinski definition) is 0. The molecule has 1 fully saturated rings. The Kier molecular flexibility index (Phi) is 7.68. The van der Waals surface area contributed by atoms with E-state index in [0.29, 0.717) is 6.54 Å². The van der Waals surface area contributed by atoms with E-state index < -0.39 is 17.6 Å². The largest absolute Gasteiger partial charge is 0.417 e. The van der Waals surface area contributed by atoms with Gasteiger partial charge in [-0.3, -0.25) is 9.69 Å². The third kappa shape index (κ3) is 5.73. The van der Waals surface area contributed by atoms with Crippen LogP contribution in [0.2, 0.25) is 0 Å². The molecular weight excluding hydrogens is 469 g/mol. The molecule has 1 aromatic heterocycles. The highest BCUT2D eigenvalue weighted by Gasteiger charge is 2.34. The summed E-state index contributed by atoms with van der Waals surface area (Å²) < 4.78 is 45.1. The summed E-state index contributed by atoms with van der Waals surface area (Å²) in [5, 5.41) is 3.73. The van der Waals surface area contributed by atoms with Crippen LogP contribution in [0, 0.1) is 13.8 Å². The van der Waals surface area contributed by atoms with E-state index in [2.05, 4.69) is 47.0 Å². The Morgan fingerprint density at radius 2 is 1.78 bits per heavy atom. The number of halogens is 3. The lowest BCUT2D eigenvalue weighted by atomic mass is 10.0. The molecule has 2 heterocycles. The fourth-order valence-electron chi connectivity index (χ4n) is 4.57. The van der Waals surface area contributed by atoms with E-state index in [-0.39, 0.29) is 17.0 Å². The molecule has 0 bridgehead atoms. The summed E-state index contributed by atoms with van der Waals surface area (Å²) in [4.78, 5) is 19.1. The van der Waals surface area contributed by atoms with Crippen molar-refractivity contribution >= 4 is 11.6 Å². The summed E-state index contributed by atoms with van der Waals surface area (Å²) in [5.74, 6) is -0.482. The topological polar surface area (TPSA) is 52.8 Å². The zero-order valence-corrected chi connectivity index (χ0v) is 20.8. The molecule has 3 aromatic rings. The van der Waals surface area contributed by atoms with Crippen LogP contribution in [0.4, 0.5) is 18.9 Å². The van der Waals surface area contributed by atoms with Crippen LogP contribution in [0.5, 0.6) is 0 Å². The summed E-state index contributed by atoms with van der Waals surface area (Å²) in [7, 11) is 1.66. The molecule has 0 N–H and O–H groups in total. The van der Waals surface area contributed by atoms with Crippen molar-refractivity contribution in [2.24, 2.45) is 0 Å². The lowest BCUT2D eigenvalue weighted by Crippen LogP contribution is -2.47. The number of hydrogen-bond acceptors (Lipinski definition) is 5. The van der Waals surface area contributed by atoms with Gasteiger partial charge in [0.25, 0.3) is 5.91 Å². The fourth-order valence-corrected chi connectivity index (χ4v) is 4.57. The molecule has 1 saturated heterocycles. The zero-order valence-electron chi connectivity index (χ0n) is 20.8. The second-order valence-corrected chi connectivity index (χ2v) is 9.25. The Morgan fingerprint density at radius 3 is 2.50 bits per heavy atom. The van der Waals surface area contributed by atoms with Crippen molar-refractivity contribution in [3.63, 3.8) is 0 Å². The first-order chi connectivity index (χ1) is 17.1. The van der Waals surface area contributed by atoms with Crippen molar-refractivity contribution in [3.05, 3.63) is 71.0 Å². The van der Waals surface area contributed by atoms with Crippen LogP contribution in [0.25, 0.3) is 11.3 Å². The van der Waals surface area contributed by atoms with Gasteiger partial charge in [0.1, 0.15) is 5.69 Å². The Labute approximate surface area is 209 Å². The second kappa shape index (κ2) is 10.7. The quantitative estimate of drug-likeness (QED) is 0.443. The normalized spacial score (nSPS) is 14.8. The van der Waals surface area contributed by atoms with Gasteiger partial charge < -0.3 is 14.3 Å². The van der Waals surface area contributed by atoms with Crippen molar-refractivity contribution < 1.29 is 22.5 Å². The molecule has 0 spiro atoms. The van der Waals surface area contributed by atoms with Gasteiger partial charge in [0.2, 0.25) is 5.76 Å². The monoisotopic (exact) mass is 500 g/mol. The van der Waals surface area contributed by atoms with Crippen molar-refractivity contribution in [1.29, 1.82) is 0 Å². The number of anilines is 1. The van der Waals surface area contributed by atoms with Gasteiger partial charge in [0.15, 0.2) is 0 Å². The minimum absolute atomic E-state index is 0.0126. The molecule has 4 rings (SSSR count). The SMILES string of the molecule is Cc1cccc(N2CCN(CCCN(C)C(=O)c3cc(-c4ccccc4C(F)(F)F)no3)CC2)c1C. The van der Waals surface area contributed by atoms with Crippen molar-refractivity contribution in [2.75, 3.05) is 51.2 Å². The number of piperazine rings is 1. The van der Waals surface area contributed by atoms with Crippen LogP contribution >= 0.6 is 0 Å². The molecule has 9 heteroatoms. The van der Waals surface area contributed by atoms with E-state index >= 15 is 0 Å². The standard InChI is InChI=1S/C27H31F3N4O2/c1-19-8-6-11-24(20(19)2)34-16-14-33(15-17-34)13-7-12-32(3)26(35)25-18-23(31-36-25)21-9-4-5-10-22(21)27(28,29)30/h4-6,8-11,18H,7,12-17H2,1-3H3. The maximum atomic E-state index is 13.3. The van der Waals surface area contributed by atoms with Gasteiger partial charge in [-0.15, -0.1) is 0 Å². The van der Waals surface area contributed by atoms with Gasteiger partial charge in [-0.2, -0.15) is 13.2 Å². The lowest BCUT2D eigenvalue weighted by molar-refractivity contribution is -0.137. The van der Waals surface area contributed by atoms with E-state index in [1.807, 2.05) is 0 Å². The van der Waals surface area contributed by atoms with E-state index in [1.54, 1.807) is 7.05 Å². The third-order valence-corrected chi connectivity index (χ3v) is 6.83. The number of amides is 1. The van der Waals surface area contributed by atoms with Gasteiger partial charge in [0, 0.05) is 57.1 Å². The first-order valence-corrected chi connectivity index (χ1v) is 12.1. The highest BCUT2D eigenvalue weighted by atomic mass is 19.4. The maximum absolute atomic E-state index is 13.3. The highest BCUT2D eigenvalue weighted by molar-refractivity contribution is 5.92. The second-order valence-electron chi connectivity index (χ2n) is 9.25. The van der Waals surface area contributed by atoms with Crippen LogP contribution in [-0.4, -0.2) is 67.2 Å². The van der Waals surface area contributed by atoms with E-state index in [1.165, 1.54) is 46.0 Å². The fraction of sp³-hybridized carbons (Fsp3) is 0.407. The van der Waals surface area contributed by atoms with E-state index in [0.717, 1.165) is 45.2 Å². The summed E-state index contributed by atoms with van der Waals surface area (Å²) in [6.45, 7) is 9.48. The molecule has 0 saturated carbocycles. The molecular formula is C27H31F3N4O2. The maximum Gasteiger partial charge on any atom is 0.417 e. The van der Waals surface area contributed by atoms with Crippen molar-refractivity contribution in [3.8, 4) is 11.3 Å². The highest BCUT2D eigenvalue weighted by Crippen LogP contribution is 2.36. The van der Waals surface area contributed by atoms with E-state index in [4.69, 9.17) is 4.52 Å². The van der Waals surface area contributed by atoms with Gasteiger partial charge in [-0.1, -0.05) is 35.5 Å². The van der Waals surface area contributed by atoms with Crippen LogP contribution in [-0.2, 0) is 6.18 Å². The Balaban J connectivity index is 1.27. The molecule has 192 valence electrons. The third-order valence-electron chi connectivity index (χ3n) is 6.83. The molecule has 1 amide bonds.